The molecule has 3 aromatic rings. The van der Waals surface area contributed by atoms with Gasteiger partial charge in [-0.1, -0.05) is 37.6 Å². The fourth-order valence-corrected chi connectivity index (χ4v) is 2.70. The van der Waals surface area contributed by atoms with E-state index in [1.165, 1.54) is 31.3 Å². The number of rotatable bonds is 2. The maximum atomic E-state index is 13.1. The van der Waals surface area contributed by atoms with Crippen molar-refractivity contribution in [2.45, 2.75) is 33.9 Å². The van der Waals surface area contributed by atoms with E-state index in [4.69, 9.17) is 11.6 Å². The molecule has 0 amide bonds. The summed E-state index contributed by atoms with van der Waals surface area (Å²) in [5.74, 6) is -1.43. The Bertz CT molecular complexity index is 1040. The van der Waals surface area contributed by atoms with Gasteiger partial charge < -0.3 is 0 Å². The zero-order valence-corrected chi connectivity index (χ0v) is 18.4. The van der Waals surface area contributed by atoms with Crippen LogP contribution in [0.5, 0.6) is 0 Å². The van der Waals surface area contributed by atoms with Gasteiger partial charge in [0.2, 0.25) is 0 Å². The first-order valence-corrected chi connectivity index (χ1v) is 9.61. The van der Waals surface area contributed by atoms with Gasteiger partial charge in [0.05, 0.1) is 10.6 Å². The smallest absolute Gasteiger partial charge is 0.294 e. The molecule has 0 aliphatic carbocycles. The van der Waals surface area contributed by atoms with E-state index in [0.29, 0.717) is 5.56 Å². The second kappa shape index (κ2) is 11.0. The Morgan fingerprint density at radius 1 is 1.06 bits per heavy atom. The topological polar surface area (TPSA) is 34.9 Å². The lowest BCUT2D eigenvalue weighted by Crippen LogP contribution is -2.11. The first kappa shape index (κ1) is 26.3. The van der Waals surface area contributed by atoms with Crippen LogP contribution in [0.4, 0.5) is 22.0 Å². The molecule has 0 N–H and O–H groups in total. The van der Waals surface area contributed by atoms with Crippen molar-refractivity contribution in [1.82, 2.24) is 9.78 Å². The van der Waals surface area contributed by atoms with Gasteiger partial charge in [-0.2, -0.15) is 18.3 Å². The molecule has 3 nitrogen and oxygen atoms in total. The van der Waals surface area contributed by atoms with Gasteiger partial charge in [-0.15, -0.1) is 0 Å². The van der Waals surface area contributed by atoms with Crippen LogP contribution in [-0.2, 0) is 13.2 Å². The number of ketones is 1. The first-order chi connectivity index (χ1) is 14.4. The van der Waals surface area contributed by atoms with Crippen molar-refractivity contribution in [3.8, 4) is 11.1 Å². The fraction of sp³-hybridized carbons (Fsp3) is 0.273. The molecule has 3 rings (SSSR count). The van der Waals surface area contributed by atoms with Crippen LogP contribution >= 0.6 is 11.6 Å². The molecule has 1 aromatic heterocycles. The standard InChI is InChI=1S/C13H9ClF2.C7H7F3N2O.C2H6/c1-8-2-4-10(15)7-11(8)9-3-5-13(16)12(14)6-9;1-4(13)5-3-12(2)11-6(5)7(8,9)10;1-2/h2-7H,1H3;3H,1-2H3;1-2H3. The number of alkyl halides is 3. The zero-order chi connectivity index (χ0) is 23.9. The molecule has 2 aromatic carbocycles. The number of aryl methyl sites for hydroxylation is 2. The Morgan fingerprint density at radius 2 is 1.68 bits per heavy atom. The summed E-state index contributed by atoms with van der Waals surface area (Å²) in [7, 11) is 1.34. The number of hydrogen-bond acceptors (Lipinski definition) is 2. The van der Waals surface area contributed by atoms with Crippen LogP contribution in [-0.4, -0.2) is 15.6 Å². The molecule has 168 valence electrons. The Morgan fingerprint density at radius 3 is 2.16 bits per heavy atom. The summed E-state index contributed by atoms with van der Waals surface area (Å²) in [5.41, 5.74) is 0.840. The van der Waals surface area contributed by atoms with Crippen molar-refractivity contribution in [1.29, 1.82) is 0 Å². The number of nitrogens with zero attached hydrogens (tertiary/aromatic N) is 2. The third-order valence-electron chi connectivity index (χ3n) is 3.91. The number of Topliss-reactive ketones (excluding diaryl/α,β-unsaturated/α-hetero) is 1. The number of halogens is 6. The lowest BCUT2D eigenvalue weighted by atomic mass is 10.0. The van der Waals surface area contributed by atoms with Gasteiger partial charge in [0.25, 0.3) is 0 Å². The molecule has 0 aliphatic heterocycles. The Balaban J connectivity index is 0.000000293. The van der Waals surface area contributed by atoms with Crippen molar-refractivity contribution >= 4 is 17.4 Å². The van der Waals surface area contributed by atoms with Crippen LogP contribution in [0.25, 0.3) is 11.1 Å². The zero-order valence-electron chi connectivity index (χ0n) is 17.6. The third kappa shape index (κ3) is 7.17. The van der Waals surface area contributed by atoms with Gasteiger partial charge >= 0.3 is 6.18 Å². The van der Waals surface area contributed by atoms with Crippen molar-refractivity contribution in [3.05, 3.63) is 76.1 Å². The van der Waals surface area contributed by atoms with Crippen LogP contribution < -0.4 is 0 Å². The monoisotopic (exact) mass is 460 g/mol. The fourth-order valence-electron chi connectivity index (χ4n) is 2.52. The van der Waals surface area contributed by atoms with E-state index in [1.807, 2.05) is 20.8 Å². The van der Waals surface area contributed by atoms with E-state index in [1.54, 1.807) is 12.1 Å². The van der Waals surface area contributed by atoms with E-state index in [9.17, 15) is 26.7 Å². The molecule has 0 radical (unpaired) electrons. The molecular formula is C22H22ClF5N2O. The normalized spacial score (nSPS) is 10.5. The van der Waals surface area contributed by atoms with E-state index in [0.717, 1.165) is 28.9 Å². The largest absolute Gasteiger partial charge is 0.435 e. The lowest BCUT2D eigenvalue weighted by molar-refractivity contribution is -0.141. The highest BCUT2D eigenvalue weighted by Crippen LogP contribution is 2.30. The average molecular weight is 461 g/mol. The highest BCUT2D eigenvalue weighted by molar-refractivity contribution is 6.31. The van der Waals surface area contributed by atoms with Crippen molar-refractivity contribution < 1.29 is 26.7 Å². The number of benzene rings is 2. The number of carbonyl (C=O) groups excluding carboxylic acids is 1. The summed E-state index contributed by atoms with van der Waals surface area (Å²) >= 11 is 5.69. The molecule has 31 heavy (non-hydrogen) atoms. The summed E-state index contributed by atoms with van der Waals surface area (Å²) in [6, 6.07) is 8.86. The first-order valence-electron chi connectivity index (χ1n) is 9.23. The summed E-state index contributed by atoms with van der Waals surface area (Å²) in [6.45, 7) is 6.94. The van der Waals surface area contributed by atoms with Crippen LogP contribution in [0, 0.1) is 18.6 Å². The Kier molecular flexibility index (Phi) is 9.37. The van der Waals surface area contributed by atoms with Crippen LogP contribution in [0.15, 0.2) is 42.6 Å². The second-order valence-corrected chi connectivity index (χ2v) is 6.61. The molecule has 0 saturated heterocycles. The van der Waals surface area contributed by atoms with Gasteiger partial charge in [0, 0.05) is 13.2 Å². The maximum absolute atomic E-state index is 13.1. The van der Waals surface area contributed by atoms with Crippen molar-refractivity contribution in [3.63, 3.8) is 0 Å². The van der Waals surface area contributed by atoms with E-state index in [2.05, 4.69) is 5.10 Å². The minimum absolute atomic E-state index is 0.0427. The van der Waals surface area contributed by atoms with Crippen LogP contribution in [0.2, 0.25) is 5.02 Å². The van der Waals surface area contributed by atoms with Crippen molar-refractivity contribution in [2.75, 3.05) is 0 Å². The van der Waals surface area contributed by atoms with Crippen molar-refractivity contribution in [2.24, 2.45) is 7.05 Å². The van der Waals surface area contributed by atoms with E-state index >= 15 is 0 Å². The molecule has 0 bridgehead atoms. The minimum atomic E-state index is -4.57. The minimum Gasteiger partial charge on any atom is -0.294 e. The Labute approximate surface area is 182 Å². The summed E-state index contributed by atoms with van der Waals surface area (Å²) in [6.07, 6.45) is -3.51. The van der Waals surface area contributed by atoms with Gasteiger partial charge in [-0.05, 0) is 54.8 Å². The van der Waals surface area contributed by atoms with Gasteiger partial charge in [-0.3, -0.25) is 9.48 Å². The highest BCUT2D eigenvalue weighted by Gasteiger charge is 2.37. The van der Waals surface area contributed by atoms with Crippen LogP contribution in [0.1, 0.15) is 42.4 Å². The number of carbonyl (C=O) groups is 1. The molecule has 0 fully saturated rings. The highest BCUT2D eigenvalue weighted by atomic mass is 35.5. The number of aromatic nitrogens is 2. The summed E-state index contributed by atoms with van der Waals surface area (Å²) < 4.78 is 63.6. The van der Waals surface area contributed by atoms with E-state index in [-0.39, 0.29) is 10.8 Å². The quantitative estimate of drug-likeness (QED) is 0.298. The Hall–Kier alpha value is -2.74. The van der Waals surface area contributed by atoms with Gasteiger partial charge in [-0.25, -0.2) is 8.78 Å². The second-order valence-electron chi connectivity index (χ2n) is 6.21. The molecule has 0 saturated carbocycles. The lowest BCUT2D eigenvalue weighted by Gasteiger charge is -2.07. The van der Waals surface area contributed by atoms with Gasteiger partial charge in [0.15, 0.2) is 11.5 Å². The molecule has 1 heterocycles. The van der Waals surface area contributed by atoms with Gasteiger partial charge in [0.1, 0.15) is 11.6 Å². The SMILES string of the molecule is CC.CC(=O)c1cn(C)nc1C(F)(F)F.Cc1ccc(F)cc1-c1ccc(F)c(Cl)c1. The summed E-state index contributed by atoms with van der Waals surface area (Å²) in [4.78, 5) is 10.8. The molecule has 0 atom stereocenters. The molecule has 9 heteroatoms. The average Bonchev–Trinajstić information content (AvgIpc) is 3.11. The predicted octanol–water partition coefficient (Wildman–Crippen LogP) is 7.26. The number of hydrogen-bond donors (Lipinski definition) is 0. The van der Waals surface area contributed by atoms with E-state index < -0.39 is 29.0 Å². The molecular weight excluding hydrogens is 439 g/mol. The summed E-state index contributed by atoms with van der Waals surface area (Å²) in [5, 5.41) is 3.22. The molecule has 0 spiro atoms. The maximum Gasteiger partial charge on any atom is 0.435 e. The molecule has 0 unspecified atom stereocenters. The van der Waals surface area contributed by atoms with Crippen LogP contribution in [0.3, 0.4) is 0 Å². The molecule has 0 aliphatic rings. The third-order valence-corrected chi connectivity index (χ3v) is 4.20. The predicted molar refractivity (Wildman–Crippen MR) is 111 cm³/mol.